The Kier molecular flexibility index (Phi) is 6.29. The molecule has 4 heteroatoms. The zero-order chi connectivity index (χ0) is 16.7. The number of nitrogens with zero attached hydrogens (tertiary/aromatic N) is 1. The first-order valence-electron chi connectivity index (χ1n) is 7.90. The number of nitrogens with one attached hydrogen (secondary N) is 1. The number of carbonyl (C=O) groups excluding carboxylic acids is 1. The van der Waals surface area contributed by atoms with Gasteiger partial charge in [-0.15, -0.1) is 0 Å². The molecule has 23 heavy (non-hydrogen) atoms. The van der Waals surface area contributed by atoms with E-state index < -0.39 is 0 Å². The molecule has 2 aromatic rings. The fourth-order valence-electron chi connectivity index (χ4n) is 2.45. The molecule has 0 spiro atoms. The molecule has 1 N–H and O–H groups in total. The number of carbonyl (C=O) groups is 1. The smallest absolute Gasteiger partial charge is 0.238 e. The summed E-state index contributed by atoms with van der Waals surface area (Å²) in [4.78, 5) is 14.3. The van der Waals surface area contributed by atoms with E-state index in [0.717, 1.165) is 19.5 Å². The van der Waals surface area contributed by atoms with Crippen LogP contribution < -0.4 is 5.32 Å². The molecular weight excluding hydrogens is 291 g/mol. The minimum Gasteiger partial charge on any atom is -0.325 e. The number of halogens is 1. The number of hydrogen-bond acceptors (Lipinski definition) is 2. The lowest BCUT2D eigenvalue weighted by Gasteiger charge is -2.21. The summed E-state index contributed by atoms with van der Waals surface area (Å²) in [6, 6.07) is 14.8. The van der Waals surface area contributed by atoms with Crippen LogP contribution in [0.3, 0.4) is 0 Å². The van der Waals surface area contributed by atoms with Gasteiger partial charge in [-0.05, 0) is 43.1 Å². The van der Waals surface area contributed by atoms with E-state index >= 15 is 0 Å². The minimum absolute atomic E-state index is 0.127. The van der Waals surface area contributed by atoms with Gasteiger partial charge in [0, 0.05) is 12.2 Å². The number of benzene rings is 2. The summed E-state index contributed by atoms with van der Waals surface area (Å²) in [5, 5.41) is 2.76. The van der Waals surface area contributed by atoms with E-state index in [4.69, 9.17) is 0 Å². The van der Waals surface area contributed by atoms with Gasteiger partial charge in [0.15, 0.2) is 0 Å². The molecule has 0 radical (unpaired) electrons. The molecule has 0 aromatic heterocycles. The summed E-state index contributed by atoms with van der Waals surface area (Å²) in [6.07, 6.45) is 0.972. The van der Waals surface area contributed by atoms with Crippen LogP contribution in [0.25, 0.3) is 0 Å². The highest BCUT2D eigenvalue weighted by Gasteiger charge is 2.11. The Morgan fingerprint density at radius 1 is 1.17 bits per heavy atom. The fraction of sp³-hybridized carbons (Fsp3) is 0.316. The topological polar surface area (TPSA) is 32.3 Å². The summed E-state index contributed by atoms with van der Waals surface area (Å²) in [5.74, 6) is -0.435. The van der Waals surface area contributed by atoms with Crippen LogP contribution in [0.5, 0.6) is 0 Å². The number of anilines is 1. The van der Waals surface area contributed by atoms with E-state index in [9.17, 15) is 9.18 Å². The SMILES string of the molecule is CCCN(CC(=O)Nc1ccc(C)c(F)c1)Cc1ccccc1. The Labute approximate surface area is 137 Å². The maximum absolute atomic E-state index is 13.5. The Bertz CT molecular complexity index is 643. The maximum Gasteiger partial charge on any atom is 0.238 e. The van der Waals surface area contributed by atoms with Crippen molar-refractivity contribution < 1.29 is 9.18 Å². The molecule has 0 saturated heterocycles. The van der Waals surface area contributed by atoms with Crippen LogP contribution in [0.1, 0.15) is 24.5 Å². The summed E-state index contributed by atoms with van der Waals surface area (Å²) < 4.78 is 13.5. The van der Waals surface area contributed by atoms with Gasteiger partial charge in [-0.1, -0.05) is 43.3 Å². The summed E-state index contributed by atoms with van der Waals surface area (Å²) in [7, 11) is 0. The summed E-state index contributed by atoms with van der Waals surface area (Å²) >= 11 is 0. The monoisotopic (exact) mass is 314 g/mol. The first-order valence-corrected chi connectivity index (χ1v) is 7.90. The third kappa shape index (κ3) is 5.49. The normalized spacial score (nSPS) is 10.8. The largest absolute Gasteiger partial charge is 0.325 e. The van der Waals surface area contributed by atoms with Crippen molar-refractivity contribution in [3.05, 3.63) is 65.5 Å². The average molecular weight is 314 g/mol. The predicted molar refractivity (Wildman–Crippen MR) is 91.8 cm³/mol. The average Bonchev–Trinajstić information content (AvgIpc) is 2.52. The zero-order valence-electron chi connectivity index (χ0n) is 13.7. The second-order valence-electron chi connectivity index (χ2n) is 5.71. The van der Waals surface area contributed by atoms with Crippen LogP contribution in [0.15, 0.2) is 48.5 Å². The second-order valence-corrected chi connectivity index (χ2v) is 5.71. The fourth-order valence-corrected chi connectivity index (χ4v) is 2.45. The van der Waals surface area contributed by atoms with E-state index in [1.54, 1.807) is 19.1 Å². The van der Waals surface area contributed by atoms with Crippen molar-refractivity contribution in [2.75, 3.05) is 18.4 Å². The van der Waals surface area contributed by atoms with E-state index in [2.05, 4.69) is 29.3 Å². The van der Waals surface area contributed by atoms with Crippen molar-refractivity contribution in [2.24, 2.45) is 0 Å². The predicted octanol–water partition coefficient (Wildman–Crippen LogP) is 3.98. The first-order chi connectivity index (χ1) is 11.1. The third-order valence-corrected chi connectivity index (χ3v) is 3.61. The quantitative estimate of drug-likeness (QED) is 0.838. The van der Waals surface area contributed by atoms with Crippen LogP contribution in [0.2, 0.25) is 0 Å². The van der Waals surface area contributed by atoms with Gasteiger partial charge in [-0.3, -0.25) is 9.69 Å². The lowest BCUT2D eigenvalue weighted by atomic mass is 10.2. The van der Waals surface area contributed by atoms with Crippen molar-refractivity contribution >= 4 is 11.6 Å². The molecule has 0 aliphatic heterocycles. The standard InChI is InChI=1S/C19H23FN2O/c1-3-11-22(13-16-7-5-4-6-8-16)14-19(23)21-17-10-9-15(2)18(20)12-17/h4-10,12H,3,11,13-14H2,1-2H3,(H,21,23). The number of hydrogen-bond donors (Lipinski definition) is 1. The van der Waals surface area contributed by atoms with Gasteiger partial charge in [0.25, 0.3) is 0 Å². The Hall–Kier alpha value is -2.20. The maximum atomic E-state index is 13.5. The number of amides is 1. The molecule has 0 fully saturated rings. The zero-order valence-corrected chi connectivity index (χ0v) is 13.7. The van der Waals surface area contributed by atoms with Crippen molar-refractivity contribution in [3.8, 4) is 0 Å². The van der Waals surface area contributed by atoms with Crippen LogP contribution >= 0.6 is 0 Å². The highest BCUT2D eigenvalue weighted by molar-refractivity contribution is 5.92. The van der Waals surface area contributed by atoms with E-state index in [1.165, 1.54) is 11.6 Å². The minimum atomic E-state index is -0.308. The van der Waals surface area contributed by atoms with Crippen molar-refractivity contribution in [3.63, 3.8) is 0 Å². The molecule has 0 unspecified atom stereocenters. The van der Waals surface area contributed by atoms with Gasteiger partial charge in [-0.2, -0.15) is 0 Å². The molecule has 0 heterocycles. The molecule has 0 saturated carbocycles. The van der Waals surface area contributed by atoms with E-state index in [1.807, 2.05) is 18.2 Å². The third-order valence-electron chi connectivity index (χ3n) is 3.61. The van der Waals surface area contributed by atoms with E-state index in [0.29, 0.717) is 11.3 Å². The lowest BCUT2D eigenvalue weighted by Crippen LogP contribution is -2.33. The summed E-state index contributed by atoms with van der Waals surface area (Å²) in [5.41, 5.74) is 2.24. The van der Waals surface area contributed by atoms with Crippen LogP contribution in [-0.2, 0) is 11.3 Å². The van der Waals surface area contributed by atoms with Crippen LogP contribution in [-0.4, -0.2) is 23.9 Å². The van der Waals surface area contributed by atoms with Gasteiger partial charge in [0.1, 0.15) is 5.82 Å². The van der Waals surface area contributed by atoms with Gasteiger partial charge >= 0.3 is 0 Å². The highest BCUT2D eigenvalue weighted by atomic mass is 19.1. The van der Waals surface area contributed by atoms with E-state index in [-0.39, 0.29) is 18.3 Å². The molecule has 1 amide bonds. The Morgan fingerprint density at radius 2 is 1.91 bits per heavy atom. The highest BCUT2D eigenvalue weighted by Crippen LogP contribution is 2.14. The number of aryl methyl sites for hydroxylation is 1. The molecule has 0 aliphatic carbocycles. The van der Waals surface area contributed by atoms with Gasteiger partial charge < -0.3 is 5.32 Å². The van der Waals surface area contributed by atoms with Gasteiger partial charge in [0.05, 0.1) is 6.54 Å². The molecule has 122 valence electrons. The summed E-state index contributed by atoms with van der Waals surface area (Å²) in [6.45, 7) is 5.64. The van der Waals surface area contributed by atoms with Crippen LogP contribution in [0, 0.1) is 12.7 Å². The molecule has 0 atom stereocenters. The molecule has 0 aliphatic rings. The lowest BCUT2D eigenvalue weighted by molar-refractivity contribution is -0.117. The number of rotatable bonds is 7. The Morgan fingerprint density at radius 3 is 2.57 bits per heavy atom. The molecule has 3 nitrogen and oxygen atoms in total. The van der Waals surface area contributed by atoms with Crippen molar-refractivity contribution in [1.29, 1.82) is 0 Å². The molecule has 2 rings (SSSR count). The van der Waals surface area contributed by atoms with Crippen molar-refractivity contribution in [2.45, 2.75) is 26.8 Å². The Balaban J connectivity index is 1.95. The molecular formula is C19H23FN2O. The van der Waals surface area contributed by atoms with Gasteiger partial charge in [0.2, 0.25) is 5.91 Å². The van der Waals surface area contributed by atoms with Crippen LogP contribution in [0.4, 0.5) is 10.1 Å². The molecule has 2 aromatic carbocycles. The van der Waals surface area contributed by atoms with Crippen molar-refractivity contribution in [1.82, 2.24) is 4.90 Å². The first kappa shape index (κ1) is 17.2. The van der Waals surface area contributed by atoms with Gasteiger partial charge in [-0.25, -0.2) is 4.39 Å². The molecule has 0 bridgehead atoms. The second kappa shape index (κ2) is 8.44.